The fourth-order valence-corrected chi connectivity index (χ4v) is 2.64. The number of amides is 2. The van der Waals surface area contributed by atoms with Crippen LogP contribution < -0.4 is 16.8 Å². The van der Waals surface area contributed by atoms with Crippen LogP contribution in [0.25, 0.3) is 11.1 Å². The quantitative estimate of drug-likeness (QED) is 0.666. The van der Waals surface area contributed by atoms with Crippen LogP contribution in [0.15, 0.2) is 22.7 Å². The van der Waals surface area contributed by atoms with Crippen LogP contribution in [0.5, 0.6) is 0 Å². The number of likely N-dealkylation sites (N-methyl/N-ethyl adjacent to an activating group) is 2. The summed E-state index contributed by atoms with van der Waals surface area (Å²) in [6.07, 6.45) is 3.30. The Labute approximate surface area is 153 Å². The molecule has 9 heteroatoms. The number of fused-ring (bicyclic) bond motifs is 1. The smallest absolute Gasteiger partial charge is 0.286 e. The van der Waals surface area contributed by atoms with E-state index in [0.29, 0.717) is 11.8 Å². The molecule has 2 amide bonds. The van der Waals surface area contributed by atoms with Crippen molar-refractivity contribution in [3.05, 3.63) is 24.1 Å². The molecule has 0 radical (unpaired) electrons. The first-order valence-electron chi connectivity index (χ1n) is 8.24. The molecular weight excluding hydrogens is 336 g/mol. The molecule has 0 saturated carbocycles. The lowest BCUT2D eigenvalue weighted by Crippen LogP contribution is -2.30. The number of carbonyl (C=O) groups excluding carboxylic acids is 2. The SMILES string of the molecule is CN.CN1CCC(N(C)C)C1.NC(=O)c1oc2ncccc2c1NC=O. The first kappa shape index (κ1) is 21.6. The van der Waals surface area contributed by atoms with Gasteiger partial charge in [0.2, 0.25) is 17.9 Å². The van der Waals surface area contributed by atoms with Gasteiger partial charge in [-0.1, -0.05) is 0 Å². The lowest BCUT2D eigenvalue weighted by Gasteiger charge is -2.17. The van der Waals surface area contributed by atoms with E-state index in [0.717, 1.165) is 6.04 Å². The lowest BCUT2D eigenvalue weighted by molar-refractivity contribution is -0.105. The van der Waals surface area contributed by atoms with Crippen LogP contribution in [0.2, 0.25) is 0 Å². The van der Waals surface area contributed by atoms with Gasteiger partial charge in [0.1, 0.15) is 5.69 Å². The Bertz CT molecular complexity index is 716. The number of nitrogens with one attached hydrogen (secondary N) is 1. The summed E-state index contributed by atoms with van der Waals surface area (Å²) in [5, 5.41) is 2.91. The molecule has 1 unspecified atom stereocenters. The van der Waals surface area contributed by atoms with Crippen molar-refractivity contribution >= 4 is 29.1 Å². The number of nitrogens with zero attached hydrogens (tertiary/aromatic N) is 3. The number of pyridine rings is 1. The number of nitrogens with two attached hydrogens (primary N) is 2. The number of hydrogen-bond acceptors (Lipinski definition) is 7. The van der Waals surface area contributed by atoms with Crippen LogP contribution in [0.4, 0.5) is 5.69 Å². The highest BCUT2D eigenvalue weighted by Gasteiger charge is 2.20. The van der Waals surface area contributed by atoms with Gasteiger partial charge < -0.3 is 31.0 Å². The average Bonchev–Trinajstić information content (AvgIpc) is 3.22. The molecule has 5 N–H and O–H groups in total. The van der Waals surface area contributed by atoms with Gasteiger partial charge in [-0.05, 0) is 53.3 Å². The molecule has 1 saturated heterocycles. The fraction of sp³-hybridized carbons (Fsp3) is 0.471. The first-order valence-corrected chi connectivity index (χ1v) is 8.24. The minimum Gasteiger partial charge on any atom is -0.430 e. The van der Waals surface area contributed by atoms with E-state index in [1.54, 1.807) is 12.1 Å². The Kier molecular flexibility index (Phi) is 8.70. The van der Waals surface area contributed by atoms with Gasteiger partial charge in [-0.15, -0.1) is 0 Å². The highest BCUT2D eigenvalue weighted by molar-refractivity contribution is 6.07. The molecule has 144 valence electrons. The van der Waals surface area contributed by atoms with E-state index in [9.17, 15) is 9.59 Å². The van der Waals surface area contributed by atoms with E-state index in [4.69, 9.17) is 10.2 Å². The Balaban J connectivity index is 0.000000263. The van der Waals surface area contributed by atoms with Crippen LogP contribution in [-0.2, 0) is 4.79 Å². The number of hydrogen-bond donors (Lipinski definition) is 3. The second-order valence-electron chi connectivity index (χ2n) is 5.96. The van der Waals surface area contributed by atoms with Crippen molar-refractivity contribution < 1.29 is 14.0 Å². The molecule has 2 aromatic heterocycles. The fourth-order valence-electron chi connectivity index (χ4n) is 2.64. The summed E-state index contributed by atoms with van der Waals surface area (Å²) in [5.74, 6) is -0.854. The highest BCUT2D eigenvalue weighted by atomic mass is 16.4. The summed E-state index contributed by atoms with van der Waals surface area (Å²) in [5.41, 5.74) is 10.1. The van der Waals surface area contributed by atoms with Gasteiger partial charge in [-0.2, -0.15) is 0 Å². The van der Waals surface area contributed by atoms with Gasteiger partial charge in [0.25, 0.3) is 5.91 Å². The Morgan fingerprint density at radius 1 is 1.46 bits per heavy atom. The maximum Gasteiger partial charge on any atom is 0.286 e. The van der Waals surface area contributed by atoms with E-state index in [1.807, 2.05) is 0 Å². The molecule has 0 bridgehead atoms. The minimum atomic E-state index is -0.752. The molecule has 3 rings (SSSR count). The number of furan rings is 1. The third-order valence-corrected chi connectivity index (χ3v) is 3.99. The van der Waals surface area contributed by atoms with E-state index in [1.165, 1.54) is 32.8 Å². The van der Waals surface area contributed by atoms with Crippen LogP contribution in [-0.4, -0.2) is 74.4 Å². The molecule has 1 aliphatic heterocycles. The van der Waals surface area contributed by atoms with Crippen molar-refractivity contribution in [2.24, 2.45) is 11.5 Å². The molecule has 0 aromatic carbocycles. The second-order valence-corrected chi connectivity index (χ2v) is 5.96. The maximum absolute atomic E-state index is 11.0. The van der Waals surface area contributed by atoms with Crippen molar-refractivity contribution in [1.82, 2.24) is 14.8 Å². The van der Waals surface area contributed by atoms with Crippen molar-refractivity contribution in [3.8, 4) is 0 Å². The zero-order chi connectivity index (χ0) is 19.7. The number of aromatic nitrogens is 1. The van der Waals surface area contributed by atoms with Gasteiger partial charge >= 0.3 is 0 Å². The number of likely N-dealkylation sites (tertiary alicyclic amines) is 1. The maximum atomic E-state index is 11.0. The number of primary amides is 1. The van der Waals surface area contributed by atoms with Gasteiger partial charge in [0, 0.05) is 18.8 Å². The number of carbonyl (C=O) groups is 2. The summed E-state index contributed by atoms with van der Waals surface area (Å²) >= 11 is 0. The van der Waals surface area contributed by atoms with Crippen LogP contribution in [0, 0.1) is 0 Å². The van der Waals surface area contributed by atoms with E-state index < -0.39 is 5.91 Å². The van der Waals surface area contributed by atoms with Crippen LogP contribution >= 0.6 is 0 Å². The third-order valence-electron chi connectivity index (χ3n) is 3.99. The molecule has 9 nitrogen and oxygen atoms in total. The Morgan fingerprint density at radius 2 is 2.15 bits per heavy atom. The zero-order valence-corrected chi connectivity index (χ0v) is 15.7. The summed E-state index contributed by atoms with van der Waals surface area (Å²) in [4.78, 5) is 30.0. The molecule has 0 spiro atoms. The number of rotatable bonds is 4. The van der Waals surface area contributed by atoms with Crippen molar-refractivity contribution in [2.75, 3.05) is 46.6 Å². The Hall–Kier alpha value is -2.49. The highest BCUT2D eigenvalue weighted by Crippen LogP contribution is 2.28. The van der Waals surface area contributed by atoms with Gasteiger partial charge in [0.05, 0.1) is 5.39 Å². The monoisotopic (exact) mass is 364 g/mol. The minimum absolute atomic E-state index is 0.101. The van der Waals surface area contributed by atoms with Gasteiger partial charge in [-0.3, -0.25) is 9.59 Å². The van der Waals surface area contributed by atoms with Crippen LogP contribution in [0.1, 0.15) is 17.0 Å². The summed E-state index contributed by atoms with van der Waals surface area (Å²) in [6.45, 7) is 2.51. The normalized spacial score (nSPS) is 16.5. The standard InChI is InChI=1S/C9H7N3O3.C7H16N2.CH5N/c10-8(14)7-6(12-4-13)5-2-1-3-11-9(5)15-7;1-8(2)7-4-5-9(3)6-7;1-2/h1-4H,(H2,10,14)(H,12,13);7H,4-6H2,1-3H3;2H2,1H3. The summed E-state index contributed by atoms with van der Waals surface area (Å²) in [6, 6.07) is 4.14. The van der Waals surface area contributed by atoms with Crippen molar-refractivity contribution in [2.45, 2.75) is 12.5 Å². The molecule has 26 heavy (non-hydrogen) atoms. The van der Waals surface area contributed by atoms with Gasteiger partial charge in [-0.25, -0.2) is 4.98 Å². The topological polar surface area (TPSA) is 131 Å². The van der Waals surface area contributed by atoms with Crippen molar-refractivity contribution in [3.63, 3.8) is 0 Å². The predicted octanol–water partition coefficient (Wildman–Crippen LogP) is 0.322. The predicted molar refractivity (Wildman–Crippen MR) is 102 cm³/mol. The van der Waals surface area contributed by atoms with Gasteiger partial charge in [0.15, 0.2) is 0 Å². The van der Waals surface area contributed by atoms with Crippen LogP contribution in [0.3, 0.4) is 0 Å². The number of anilines is 1. The van der Waals surface area contributed by atoms with E-state index >= 15 is 0 Å². The molecule has 1 fully saturated rings. The summed E-state index contributed by atoms with van der Waals surface area (Å²) in [7, 11) is 8.00. The van der Waals surface area contributed by atoms with E-state index in [2.05, 4.69) is 47.0 Å². The van der Waals surface area contributed by atoms with E-state index in [-0.39, 0.29) is 17.2 Å². The zero-order valence-electron chi connectivity index (χ0n) is 15.7. The third kappa shape index (κ3) is 5.51. The second kappa shape index (κ2) is 10.5. The molecule has 3 heterocycles. The first-order chi connectivity index (χ1) is 12.4. The molecule has 2 aromatic rings. The van der Waals surface area contributed by atoms with Crippen molar-refractivity contribution in [1.29, 1.82) is 0 Å². The molecule has 1 atom stereocenters. The molecular formula is C17H28N6O3. The largest absolute Gasteiger partial charge is 0.430 e. The summed E-state index contributed by atoms with van der Waals surface area (Å²) < 4.78 is 5.11. The molecule has 1 aliphatic rings. The molecule has 0 aliphatic carbocycles. The lowest BCUT2D eigenvalue weighted by atomic mass is 10.2. The average molecular weight is 364 g/mol. The Morgan fingerprint density at radius 3 is 2.62 bits per heavy atom.